The Balaban J connectivity index is 1.74. The summed E-state index contributed by atoms with van der Waals surface area (Å²) in [6, 6.07) is 1.56. The van der Waals surface area contributed by atoms with Gasteiger partial charge < -0.3 is 19.4 Å². The van der Waals surface area contributed by atoms with Crippen molar-refractivity contribution in [2.75, 3.05) is 26.4 Å². The lowest BCUT2D eigenvalue weighted by Gasteiger charge is -2.39. The van der Waals surface area contributed by atoms with E-state index in [-0.39, 0.29) is 22.9 Å². The molecule has 0 radical (unpaired) electrons. The van der Waals surface area contributed by atoms with E-state index >= 15 is 0 Å². The third-order valence-corrected chi connectivity index (χ3v) is 5.32. The lowest BCUT2D eigenvalue weighted by molar-refractivity contribution is -0.0259. The third-order valence-electron chi connectivity index (χ3n) is 5.32. The summed E-state index contributed by atoms with van der Waals surface area (Å²) in [5.41, 5.74) is 0.820. The summed E-state index contributed by atoms with van der Waals surface area (Å²) in [6.45, 7) is 4.72. The van der Waals surface area contributed by atoms with E-state index in [1.165, 1.54) is 6.07 Å². The van der Waals surface area contributed by atoms with Crippen LogP contribution in [0.3, 0.4) is 0 Å². The molecule has 3 heterocycles. The Kier molecular flexibility index (Phi) is 5.36. The highest BCUT2D eigenvalue weighted by Crippen LogP contribution is 2.30. The Labute approximate surface area is 142 Å². The second kappa shape index (κ2) is 7.49. The predicted octanol–water partition coefficient (Wildman–Crippen LogP) is 1.26. The number of aromatic nitrogens is 1. The number of nitrogens with one attached hydrogen (secondary N) is 1. The topological polar surface area (TPSA) is 69.6 Å². The van der Waals surface area contributed by atoms with Crippen molar-refractivity contribution in [3.63, 3.8) is 0 Å². The van der Waals surface area contributed by atoms with Crippen LogP contribution in [0.2, 0.25) is 0 Å². The van der Waals surface area contributed by atoms with Crippen LogP contribution in [0.15, 0.2) is 17.1 Å². The van der Waals surface area contributed by atoms with E-state index in [9.17, 15) is 9.59 Å². The molecule has 0 spiro atoms. The van der Waals surface area contributed by atoms with Gasteiger partial charge >= 0.3 is 0 Å². The summed E-state index contributed by atoms with van der Waals surface area (Å²) < 4.78 is 12.9. The minimum absolute atomic E-state index is 0.0559. The number of rotatable bonds is 3. The van der Waals surface area contributed by atoms with Crippen molar-refractivity contribution in [3.05, 3.63) is 33.7 Å². The Morgan fingerprint density at radius 3 is 2.67 bits per heavy atom. The maximum Gasteiger partial charge on any atom is 0.256 e. The first-order valence-corrected chi connectivity index (χ1v) is 8.70. The number of carbonyl (C=O) groups excluding carboxylic acids is 1. The number of pyridine rings is 1. The van der Waals surface area contributed by atoms with Gasteiger partial charge in [-0.15, -0.1) is 0 Å². The molecule has 0 saturated carbocycles. The number of carbonyl (C=O) groups is 1. The summed E-state index contributed by atoms with van der Waals surface area (Å²) in [4.78, 5) is 24.8. The van der Waals surface area contributed by atoms with Crippen LogP contribution in [0.1, 0.15) is 35.3 Å². The van der Waals surface area contributed by atoms with Crippen molar-refractivity contribution in [2.45, 2.75) is 32.2 Å². The van der Waals surface area contributed by atoms with Gasteiger partial charge in [-0.1, -0.05) is 0 Å². The highest BCUT2D eigenvalue weighted by molar-refractivity contribution is 5.94. The zero-order valence-electron chi connectivity index (χ0n) is 14.4. The normalized spacial score (nSPS) is 25.4. The fourth-order valence-corrected chi connectivity index (χ4v) is 3.69. The molecule has 6 heteroatoms. The van der Waals surface area contributed by atoms with Crippen molar-refractivity contribution in [2.24, 2.45) is 18.9 Å². The first-order chi connectivity index (χ1) is 11.6. The zero-order chi connectivity index (χ0) is 17.1. The average Bonchev–Trinajstić information content (AvgIpc) is 2.59. The van der Waals surface area contributed by atoms with E-state index in [0.29, 0.717) is 25.0 Å². The molecule has 2 aliphatic rings. The first-order valence-electron chi connectivity index (χ1n) is 8.70. The van der Waals surface area contributed by atoms with Gasteiger partial charge in [-0.3, -0.25) is 9.59 Å². The van der Waals surface area contributed by atoms with E-state index in [0.717, 1.165) is 38.2 Å². The molecule has 6 nitrogen and oxygen atoms in total. The quantitative estimate of drug-likeness (QED) is 0.903. The molecule has 2 aliphatic heterocycles. The van der Waals surface area contributed by atoms with Crippen molar-refractivity contribution in [3.8, 4) is 0 Å². The molecule has 2 atom stereocenters. The highest BCUT2D eigenvalue weighted by Gasteiger charge is 2.34. The molecule has 2 fully saturated rings. The van der Waals surface area contributed by atoms with Gasteiger partial charge in [0.15, 0.2) is 5.43 Å². The molecule has 132 valence electrons. The molecule has 0 aromatic carbocycles. The molecular formula is C18H26N2O4. The van der Waals surface area contributed by atoms with Crippen LogP contribution in [-0.2, 0) is 16.5 Å². The largest absolute Gasteiger partial charge is 0.381 e. The molecule has 3 rings (SSSR count). The van der Waals surface area contributed by atoms with Gasteiger partial charge in [-0.05, 0) is 32.1 Å². The van der Waals surface area contributed by atoms with Crippen molar-refractivity contribution in [1.29, 1.82) is 0 Å². The molecule has 1 amide bonds. The Morgan fingerprint density at radius 1 is 1.21 bits per heavy atom. The molecule has 0 aliphatic carbocycles. The minimum Gasteiger partial charge on any atom is -0.381 e. The molecule has 1 aromatic heterocycles. The van der Waals surface area contributed by atoms with Crippen LogP contribution in [0.5, 0.6) is 0 Å². The van der Waals surface area contributed by atoms with Gasteiger partial charge in [0.25, 0.3) is 5.91 Å². The number of hydrogen-bond donors (Lipinski definition) is 1. The maximum atomic E-state index is 12.6. The predicted molar refractivity (Wildman–Crippen MR) is 90.1 cm³/mol. The van der Waals surface area contributed by atoms with Crippen LogP contribution < -0.4 is 10.7 Å². The molecule has 1 N–H and O–H groups in total. The second-order valence-corrected chi connectivity index (χ2v) is 6.86. The molecule has 24 heavy (non-hydrogen) atoms. The van der Waals surface area contributed by atoms with Crippen LogP contribution in [-0.4, -0.2) is 42.9 Å². The van der Waals surface area contributed by atoms with Crippen LogP contribution in [0, 0.1) is 18.8 Å². The molecule has 0 unspecified atom stereocenters. The summed E-state index contributed by atoms with van der Waals surface area (Å²) in [5, 5.41) is 3.10. The summed E-state index contributed by atoms with van der Waals surface area (Å²) in [5.74, 6) is 0.519. The monoisotopic (exact) mass is 334 g/mol. The summed E-state index contributed by atoms with van der Waals surface area (Å²) in [7, 11) is 1.84. The van der Waals surface area contributed by atoms with Gasteiger partial charge in [0.2, 0.25) is 0 Å². The van der Waals surface area contributed by atoms with Crippen LogP contribution in [0.25, 0.3) is 0 Å². The fourth-order valence-electron chi connectivity index (χ4n) is 3.69. The number of aryl methyl sites for hydroxylation is 2. The molecular weight excluding hydrogens is 308 g/mol. The number of nitrogens with zero attached hydrogens (tertiary/aromatic N) is 1. The van der Waals surface area contributed by atoms with Crippen molar-refractivity contribution >= 4 is 5.91 Å². The first kappa shape index (κ1) is 17.2. The SMILES string of the molecule is Cc1cc(=O)c(C(=O)N[C@H]2CCOC[C@H]2C2CCOCC2)cn1C. The fraction of sp³-hybridized carbons (Fsp3) is 0.667. The molecule has 2 saturated heterocycles. The molecule has 0 bridgehead atoms. The maximum absolute atomic E-state index is 12.6. The van der Waals surface area contributed by atoms with E-state index in [1.807, 2.05) is 14.0 Å². The summed E-state index contributed by atoms with van der Waals surface area (Å²) >= 11 is 0. The van der Waals surface area contributed by atoms with Gasteiger partial charge in [-0.25, -0.2) is 0 Å². The van der Waals surface area contributed by atoms with Crippen LogP contribution >= 0.6 is 0 Å². The standard InChI is InChI=1S/C18H26N2O4/c1-12-9-17(21)14(10-20(12)2)18(22)19-16-5-8-24-11-15(16)13-3-6-23-7-4-13/h9-10,13,15-16H,3-8,11H2,1-2H3,(H,19,22)/t15-,16-/m0/s1. The highest BCUT2D eigenvalue weighted by atomic mass is 16.5. The lowest BCUT2D eigenvalue weighted by atomic mass is 9.79. The Hall–Kier alpha value is -1.66. The van der Waals surface area contributed by atoms with Crippen molar-refractivity contribution < 1.29 is 14.3 Å². The van der Waals surface area contributed by atoms with Gasteiger partial charge in [0.05, 0.1) is 6.61 Å². The Bertz CT molecular complexity index is 649. The summed E-state index contributed by atoms with van der Waals surface area (Å²) in [6.07, 6.45) is 4.43. The van der Waals surface area contributed by atoms with E-state index in [1.54, 1.807) is 10.8 Å². The van der Waals surface area contributed by atoms with Gasteiger partial charge in [-0.2, -0.15) is 0 Å². The third kappa shape index (κ3) is 3.70. The number of hydrogen-bond acceptors (Lipinski definition) is 4. The van der Waals surface area contributed by atoms with Gasteiger partial charge in [0.1, 0.15) is 5.56 Å². The smallest absolute Gasteiger partial charge is 0.256 e. The number of ether oxygens (including phenoxy) is 2. The minimum atomic E-state index is -0.278. The van der Waals surface area contributed by atoms with E-state index in [4.69, 9.17) is 9.47 Å². The zero-order valence-corrected chi connectivity index (χ0v) is 14.4. The average molecular weight is 334 g/mol. The van der Waals surface area contributed by atoms with Gasteiger partial charge in [0, 0.05) is 56.8 Å². The second-order valence-electron chi connectivity index (χ2n) is 6.86. The lowest BCUT2D eigenvalue weighted by Crippen LogP contribution is -2.49. The van der Waals surface area contributed by atoms with E-state index < -0.39 is 0 Å². The van der Waals surface area contributed by atoms with E-state index in [2.05, 4.69) is 5.32 Å². The Morgan fingerprint density at radius 2 is 1.92 bits per heavy atom. The molecule has 1 aromatic rings. The van der Waals surface area contributed by atoms with Crippen molar-refractivity contribution in [1.82, 2.24) is 9.88 Å². The number of amides is 1. The van der Waals surface area contributed by atoms with Crippen LogP contribution in [0.4, 0.5) is 0 Å².